The number of aryl methyl sites for hydroxylation is 1. The number of benzene rings is 2. The molecule has 0 radical (unpaired) electrons. The van der Waals surface area contributed by atoms with E-state index >= 15 is 0 Å². The maximum Gasteiger partial charge on any atom is 0.279 e. The summed E-state index contributed by atoms with van der Waals surface area (Å²) in [5.74, 6) is -0.251. The Hall–Kier alpha value is -2.37. The SMILES string of the molecule is C=CCn1c(=NC(=O)c2ccc(N(CC)CC)cc2)sc2ccc(Cl)c(C)c21. The summed E-state index contributed by atoms with van der Waals surface area (Å²) in [5.41, 5.74) is 3.67. The summed E-state index contributed by atoms with van der Waals surface area (Å²) in [6.45, 7) is 12.5. The van der Waals surface area contributed by atoms with Crippen molar-refractivity contribution in [1.29, 1.82) is 0 Å². The van der Waals surface area contributed by atoms with Crippen LogP contribution in [0.15, 0.2) is 54.0 Å². The average Bonchev–Trinajstić information content (AvgIpc) is 3.04. The largest absolute Gasteiger partial charge is 0.372 e. The van der Waals surface area contributed by atoms with Crippen molar-refractivity contribution in [3.05, 3.63) is 70.0 Å². The van der Waals surface area contributed by atoms with Gasteiger partial charge in [0.1, 0.15) is 0 Å². The van der Waals surface area contributed by atoms with Crippen LogP contribution in [-0.2, 0) is 6.54 Å². The molecule has 6 heteroatoms. The number of aromatic nitrogens is 1. The Morgan fingerprint density at radius 1 is 1.21 bits per heavy atom. The number of nitrogens with zero attached hydrogens (tertiary/aromatic N) is 3. The molecule has 0 saturated carbocycles. The second-order valence-electron chi connectivity index (χ2n) is 6.44. The fourth-order valence-corrected chi connectivity index (χ4v) is 4.50. The van der Waals surface area contributed by atoms with Crippen molar-refractivity contribution in [2.45, 2.75) is 27.3 Å². The standard InChI is InChI=1S/C22H24ClN3OS/c1-5-14-26-20-15(4)18(23)12-13-19(20)28-22(26)24-21(27)16-8-10-17(11-9-16)25(6-2)7-3/h5,8-13H,1,6-7,14H2,2-4H3. The summed E-state index contributed by atoms with van der Waals surface area (Å²) < 4.78 is 3.04. The molecule has 0 bridgehead atoms. The van der Waals surface area contributed by atoms with Crippen LogP contribution in [0.4, 0.5) is 5.69 Å². The lowest BCUT2D eigenvalue weighted by atomic mass is 10.2. The van der Waals surface area contributed by atoms with Crippen LogP contribution in [0.5, 0.6) is 0 Å². The molecule has 146 valence electrons. The van der Waals surface area contributed by atoms with Crippen molar-refractivity contribution < 1.29 is 4.79 Å². The number of amides is 1. The molecular formula is C22H24ClN3OS. The number of hydrogen-bond acceptors (Lipinski definition) is 3. The van der Waals surface area contributed by atoms with Gasteiger partial charge in [-0.25, -0.2) is 0 Å². The zero-order valence-electron chi connectivity index (χ0n) is 16.4. The van der Waals surface area contributed by atoms with Crippen LogP contribution in [0.1, 0.15) is 29.8 Å². The van der Waals surface area contributed by atoms with Crippen LogP contribution in [0.3, 0.4) is 0 Å². The lowest BCUT2D eigenvalue weighted by molar-refractivity contribution is 0.0998. The van der Waals surface area contributed by atoms with Gasteiger partial charge in [0, 0.05) is 35.9 Å². The van der Waals surface area contributed by atoms with Crippen LogP contribution in [-0.4, -0.2) is 23.6 Å². The van der Waals surface area contributed by atoms with Crippen molar-refractivity contribution in [3.63, 3.8) is 0 Å². The minimum absolute atomic E-state index is 0.251. The molecule has 28 heavy (non-hydrogen) atoms. The minimum Gasteiger partial charge on any atom is -0.372 e. The first-order chi connectivity index (χ1) is 13.5. The average molecular weight is 414 g/mol. The van der Waals surface area contributed by atoms with Gasteiger partial charge in [0.2, 0.25) is 0 Å². The van der Waals surface area contributed by atoms with Crippen LogP contribution in [0, 0.1) is 6.92 Å². The van der Waals surface area contributed by atoms with E-state index in [0.29, 0.717) is 21.9 Å². The van der Waals surface area contributed by atoms with Crippen LogP contribution < -0.4 is 9.70 Å². The molecule has 0 N–H and O–H groups in total. The van der Waals surface area contributed by atoms with E-state index in [2.05, 4.69) is 30.3 Å². The molecule has 3 rings (SSSR count). The zero-order valence-corrected chi connectivity index (χ0v) is 18.0. The predicted octanol–water partition coefficient (Wildman–Crippen LogP) is 5.44. The summed E-state index contributed by atoms with van der Waals surface area (Å²) in [5, 5.41) is 0.702. The third kappa shape index (κ3) is 3.91. The van der Waals surface area contributed by atoms with Crippen molar-refractivity contribution in [1.82, 2.24) is 4.57 Å². The second kappa shape index (κ2) is 8.76. The van der Waals surface area contributed by atoms with Crippen molar-refractivity contribution in [3.8, 4) is 0 Å². The van der Waals surface area contributed by atoms with Crippen molar-refractivity contribution in [2.75, 3.05) is 18.0 Å². The van der Waals surface area contributed by atoms with Gasteiger partial charge in [0.15, 0.2) is 4.80 Å². The predicted molar refractivity (Wildman–Crippen MR) is 120 cm³/mol. The number of rotatable bonds is 6. The van der Waals surface area contributed by atoms with Gasteiger partial charge >= 0.3 is 0 Å². The van der Waals surface area contributed by atoms with Gasteiger partial charge in [-0.15, -0.1) is 6.58 Å². The topological polar surface area (TPSA) is 37.6 Å². The van der Waals surface area contributed by atoms with Crippen LogP contribution in [0.25, 0.3) is 10.2 Å². The molecule has 0 saturated heterocycles. The third-order valence-electron chi connectivity index (χ3n) is 4.78. The van der Waals surface area contributed by atoms with Gasteiger partial charge in [0.25, 0.3) is 5.91 Å². The zero-order chi connectivity index (χ0) is 20.3. The molecule has 4 nitrogen and oxygen atoms in total. The summed E-state index contributed by atoms with van der Waals surface area (Å²) in [6.07, 6.45) is 1.80. The number of carbonyl (C=O) groups excluding carboxylic acids is 1. The van der Waals surface area contributed by atoms with Gasteiger partial charge in [0.05, 0.1) is 10.2 Å². The lowest BCUT2D eigenvalue weighted by Gasteiger charge is -2.20. The number of hydrogen-bond donors (Lipinski definition) is 0. The van der Waals surface area contributed by atoms with E-state index in [1.54, 1.807) is 6.08 Å². The number of halogens is 1. The van der Waals surface area contributed by atoms with E-state index in [0.717, 1.165) is 34.6 Å². The third-order valence-corrected chi connectivity index (χ3v) is 6.23. The van der Waals surface area contributed by atoms with E-state index in [-0.39, 0.29) is 5.91 Å². The highest BCUT2D eigenvalue weighted by Crippen LogP contribution is 2.27. The van der Waals surface area contributed by atoms with Crippen LogP contribution >= 0.6 is 22.9 Å². The number of anilines is 1. The monoisotopic (exact) mass is 413 g/mol. The first-order valence-corrected chi connectivity index (χ1v) is 10.5. The first-order valence-electron chi connectivity index (χ1n) is 9.33. The normalized spacial score (nSPS) is 11.8. The molecule has 0 aliphatic rings. The molecule has 2 aromatic carbocycles. The Labute approximate surface area is 174 Å². The number of allylic oxidation sites excluding steroid dienone is 1. The van der Waals surface area contributed by atoms with Gasteiger partial charge in [-0.05, 0) is 62.7 Å². The summed E-state index contributed by atoms with van der Waals surface area (Å²) in [4.78, 5) is 20.1. The lowest BCUT2D eigenvalue weighted by Crippen LogP contribution is -2.21. The maximum absolute atomic E-state index is 12.8. The summed E-state index contributed by atoms with van der Waals surface area (Å²) in [7, 11) is 0. The van der Waals surface area contributed by atoms with E-state index in [1.165, 1.54) is 11.3 Å². The molecule has 0 atom stereocenters. The quantitative estimate of drug-likeness (QED) is 0.505. The fourth-order valence-electron chi connectivity index (χ4n) is 3.25. The summed E-state index contributed by atoms with van der Waals surface area (Å²) >= 11 is 7.78. The molecule has 0 spiro atoms. The Morgan fingerprint density at radius 3 is 2.50 bits per heavy atom. The molecule has 0 aliphatic carbocycles. The van der Waals surface area contributed by atoms with E-state index in [9.17, 15) is 4.79 Å². The molecule has 1 heterocycles. The number of fused-ring (bicyclic) bond motifs is 1. The van der Waals surface area contributed by atoms with Crippen molar-refractivity contribution in [2.24, 2.45) is 4.99 Å². The molecule has 0 aliphatic heterocycles. The highest BCUT2D eigenvalue weighted by atomic mass is 35.5. The Morgan fingerprint density at radius 2 is 1.89 bits per heavy atom. The number of thiazole rings is 1. The Balaban J connectivity index is 2.04. The summed E-state index contributed by atoms with van der Waals surface area (Å²) in [6, 6.07) is 11.5. The Bertz CT molecular complexity index is 1080. The van der Waals surface area contributed by atoms with Gasteiger partial charge in [-0.3, -0.25) is 4.79 Å². The minimum atomic E-state index is -0.251. The highest BCUT2D eigenvalue weighted by Gasteiger charge is 2.12. The fraction of sp³-hybridized carbons (Fsp3) is 0.273. The number of carbonyl (C=O) groups is 1. The molecule has 0 fully saturated rings. The van der Waals surface area contributed by atoms with E-state index < -0.39 is 0 Å². The van der Waals surface area contributed by atoms with E-state index in [1.807, 2.05) is 47.9 Å². The second-order valence-corrected chi connectivity index (χ2v) is 7.86. The van der Waals surface area contributed by atoms with E-state index in [4.69, 9.17) is 11.6 Å². The first kappa shape index (κ1) is 20.4. The molecule has 3 aromatic rings. The van der Waals surface area contributed by atoms with Crippen LogP contribution in [0.2, 0.25) is 5.02 Å². The molecular weight excluding hydrogens is 390 g/mol. The van der Waals surface area contributed by atoms with Gasteiger partial charge in [-0.1, -0.05) is 29.0 Å². The van der Waals surface area contributed by atoms with Gasteiger partial charge in [-0.2, -0.15) is 4.99 Å². The molecule has 1 aromatic heterocycles. The Kier molecular flexibility index (Phi) is 6.37. The van der Waals surface area contributed by atoms with Gasteiger partial charge < -0.3 is 9.47 Å². The molecule has 0 unspecified atom stereocenters. The maximum atomic E-state index is 12.8. The van der Waals surface area contributed by atoms with Crippen molar-refractivity contribution >= 4 is 44.7 Å². The highest BCUT2D eigenvalue weighted by molar-refractivity contribution is 7.16. The smallest absolute Gasteiger partial charge is 0.279 e. The molecule has 1 amide bonds.